The van der Waals surface area contributed by atoms with E-state index in [1.54, 1.807) is 0 Å². The number of hydrogen-bond donors (Lipinski definition) is 2. The molecule has 0 aromatic heterocycles. The summed E-state index contributed by atoms with van der Waals surface area (Å²) in [5, 5.41) is 9.15. The summed E-state index contributed by atoms with van der Waals surface area (Å²) in [7, 11) is -4.15. The van der Waals surface area contributed by atoms with E-state index in [9.17, 15) is 17.6 Å². The standard InChI is InChI=1S/C17H24FNO6S/c1-2-3-4-15(17(20)21)19-26(22,23)13-5-6-16(14(18)9-13)25-11-12-7-8-24-10-12/h5-6,9,12,15,19H,2-4,7-8,10-11H2,1H3,(H,20,21). The summed E-state index contributed by atoms with van der Waals surface area (Å²) in [6, 6.07) is 2.02. The van der Waals surface area contributed by atoms with Gasteiger partial charge < -0.3 is 14.6 Å². The number of carboxylic acid groups (broad SMARTS) is 1. The van der Waals surface area contributed by atoms with Crippen LogP contribution in [0.2, 0.25) is 0 Å². The van der Waals surface area contributed by atoms with Crippen LogP contribution in [0.25, 0.3) is 0 Å². The van der Waals surface area contributed by atoms with Gasteiger partial charge in [-0.1, -0.05) is 19.8 Å². The van der Waals surface area contributed by atoms with E-state index in [0.29, 0.717) is 26.2 Å². The van der Waals surface area contributed by atoms with Gasteiger partial charge in [-0.3, -0.25) is 4.79 Å². The summed E-state index contributed by atoms with van der Waals surface area (Å²) in [6.07, 6.45) is 2.30. The quantitative estimate of drug-likeness (QED) is 0.636. The number of halogens is 1. The van der Waals surface area contributed by atoms with E-state index in [1.807, 2.05) is 6.92 Å². The van der Waals surface area contributed by atoms with Crippen LogP contribution in [-0.2, 0) is 19.6 Å². The number of nitrogens with one attached hydrogen (secondary N) is 1. The molecule has 1 heterocycles. The molecule has 1 aliphatic heterocycles. The molecule has 1 aliphatic rings. The molecule has 146 valence electrons. The smallest absolute Gasteiger partial charge is 0.321 e. The van der Waals surface area contributed by atoms with E-state index in [2.05, 4.69) is 4.72 Å². The van der Waals surface area contributed by atoms with Crippen LogP contribution in [0.1, 0.15) is 32.6 Å². The van der Waals surface area contributed by atoms with Crippen molar-refractivity contribution in [2.45, 2.75) is 43.5 Å². The van der Waals surface area contributed by atoms with Crippen LogP contribution in [0.5, 0.6) is 5.75 Å². The maximum absolute atomic E-state index is 14.2. The van der Waals surface area contributed by atoms with Crippen LogP contribution in [0.4, 0.5) is 4.39 Å². The molecule has 0 saturated carbocycles. The van der Waals surface area contributed by atoms with Crippen molar-refractivity contribution in [3.05, 3.63) is 24.0 Å². The van der Waals surface area contributed by atoms with Crippen molar-refractivity contribution in [3.8, 4) is 5.75 Å². The van der Waals surface area contributed by atoms with E-state index in [1.165, 1.54) is 12.1 Å². The van der Waals surface area contributed by atoms with E-state index in [-0.39, 0.29) is 23.0 Å². The number of hydrogen-bond acceptors (Lipinski definition) is 5. The minimum absolute atomic E-state index is 0.0448. The Morgan fingerprint density at radius 3 is 2.85 bits per heavy atom. The van der Waals surface area contributed by atoms with Gasteiger partial charge in [0.1, 0.15) is 6.04 Å². The van der Waals surface area contributed by atoms with Crippen molar-refractivity contribution >= 4 is 16.0 Å². The van der Waals surface area contributed by atoms with Crippen LogP contribution in [-0.4, -0.2) is 45.4 Å². The fraction of sp³-hybridized carbons (Fsp3) is 0.588. The molecule has 1 fully saturated rings. The minimum Gasteiger partial charge on any atom is -0.490 e. The zero-order valence-corrected chi connectivity index (χ0v) is 15.4. The van der Waals surface area contributed by atoms with Gasteiger partial charge in [0.2, 0.25) is 10.0 Å². The van der Waals surface area contributed by atoms with Crippen LogP contribution < -0.4 is 9.46 Å². The zero-order valence-electron chi connectivity index (χ0n) is 14.6. The number of carbonyl (C=O) groups is 1. The number of ether oxygens (including phenoxy) is 2. The molecule has 26 heavy (non-hydrogen) atoms. The van der Waals surface area contributed by atoms with Gasteiger partial charge in [0.25, 0.3) is 0 Å². The fourth-order valence-corrected chi connectivity index (χ4v) is 3.82. The maximum atomic E-state index is 14.2. The summed E-state index contributed by atoms with van der Waals surface area (Å²) < 4.78 is 51.6. The number of sulfonamides is 1. The normalized spacial score (nSPS) is 18.6. The largest absolute Gasteiger partial charge is 0.490 e. The van der Waals surface area contributed by atoms with Crippen LogP contribution in [0.3, 0.4) is 0 Å². The molecule has 9 heteroatoms. The third kappa shape index (κ3) is 5.65. The van der Waals surface area contributed by atoms with E-state index in [0.717, 1.165) is 18.9 Å². The molecule has 2 unspecified atom stereocenters. The maximum Gasteiger partial charge on any atom is 0.321 e. The third-order valence-electron chi connectivity index (χ3n) is 4.15. The average molecular weight is 389 g/mol. The van der Waals surface area contributed by atoms with E-state index < -0.39 is 27.9 Å². The predicted octanol–water partition coefficient (Wildman–Crippen LogP) is 2.16. The highest BCUT2D eigenvalue weighted by atomic mass is 32.2. The molecule has 1 aromatic rings. The van der Waals surface area contributed by atoms with Gasteiger partial charge in [-0.25, -0.2) is 12.8 Å². The first-order valence-electron chi connectivity index (χ1n) is 8.58. The molecule has 0 amide bonds. The highest BCUT2D eigenvalue weighted by Gasteiger charge is 2.26. The van der Waals surface area contributed by atoms with Crippen LogP contribution >= 0.6 is 0 Å². The lowest BCUT2D eigenvalue weighted by atomic mass is 10.1. The highest BCUT2D eigenvalue weighted by molar-refractivity contribution is 7.89. The van der Waals surface area contributed by atoms with Crippen LogP contribution in [0, 0.1) is 11.7 Å². The molecule has 0 spiro atoms. The van der Waals surface area contributed by atoms with Gasteiger partial charge in [0, 0.05) is 12.5 Å². The lowest BCUT2D eigenvalue weighted by Gasteiger charge is -2.15. The Balaban J connectivity index is 2.06. The molecule has 1 aromatic carbocycles. The second kappa shape index (κ2) is 9.29. The molecule has 2 N–H and O–H groups in total. The monoisotopic (exact) mass is 389 g/mol. The Morgan fingerprint density at radius 2 is 2.27 bits per heavy atom. The molecule has 0 radical (unpaired) electrons. The lowest BCUT2D eigenvalue weighted by molar-refractivity contribution is -0.139. The topological polar surface area (TPSA) is 102 Å². The van der Waals surface area contributed by atoms with Gasteiger partial charge in [0.05, 0.1) is 18.1 Å². The molecule has 1 saturated heterocycles. The van der Waals surface area contributed by atoms with Gasteiger partial charge in [-0.05, 0) is 31.0 Å². The molecule has 0 bridgehead atoms. The first-order valence-corrected chi connectivity index (χ1v) is 10.1. The Morgan fingerprint density at radius 1 is 1.50 bits per heavy atom. The molecular weight excluding hydrogens is 365 g/mol. The second-order valence-electron chi connectivity index (χ2n) is 6.29. The van der Waals surface area contributed by atoms with Crippen molar-refractivity contribution in [1.82, 2.24) is 4.72 Å². The molecule has 2 atom stereocenters. The van der Waals surface area contributed by atoms with Gasteiger partial charge in [-0.2, -0.15) is 4.72 Å². The van der Waals surface area contributed by atoms with Crippen molar-refractivity contribution in [3.63, 3.8) is 0 Å². The number of rotatable bonds is 10. The van der Waals surface area contributed by atoms with Crippen molar-refractivity contribution in [1.29, 1.82) is 0 Å². The molecule has 2 rings (SSSR count). The SMILES string of the molecule is CCCCC(NS(=O)(=O)c1ccc(OCC2CCOC2)c(F)c1)C(=O)O. The lowest BCUT2D eigenvalue weighted by Crippen LogP contribution is -2.40. The Hall–Kier alpha value is -1.71. The first kappa shape index (κ1) is 20.6. The fourth-order valence-electron chi connectivity index (χ4n) is 2.58. The van der Waals surface area contributed by atoms with Gasteiger partial charge in [-0.15, -0.1) is 0 Å². The summed E-state index contributed by atoms with van der Waals surface area (Å²) in [4.78, 5) is 10.9. The van der Waals surface area contributed by atoms with E-state index in [4.69, 9.17) is 14.6 Å². The van der Waals surface area contributed by atoms with Gasteiger partial charge >= 0.3 is 5.97 Å². The molecule has 0 aliphatic carbocycles. The summed E-state index contributed by atoms with van der Waals surface area (Å²) >= 11 is 0. The zero-order chi connectivity index (χ0) is 19.2. The van der Waals surface area contributed by atoms with Crippen molar-refractivity contribution in [2.75, 3.05) is 19.8 Å². The van der Waals surface area contributed by atoms with E-state index >= 15 is 0 Å². The highest BCUT2D eigenvalue weighted by Crippen LogP contribution is 2.23. The Labute approximate surface area is 152 Å². The summed E-state index contributed by atoms with van der Waals surface area (Å²) in [5.41, 5.74) is 0. The first-order chi connectivity index (χ1) is 12.3. The predicted molar refractivity (Wildman–Crippen MR) is 92.1 cm³/mol. The number of benzene rings is 1. The van der Waals surface area contributed by atoms with Crippen LogP contribution in [0.15, 0.2) is 23.1 Å². The molecule has 7 nitrogen and oxygen atoms in total. The number of aliphatic carboxylic acids is 1. The minimum atomic E-state index is -4.15. The second-order valence-corrected chi connectivity index (χ2v) is 8.00. The average Bonchev–Trinajstić information content (AvgIpc) is 3.10. The Bertz CT molecular complexity index is 718. The summed E-state index contributed by atoms with van der Waals surface area (Å²) in [6.45, 7) is 3.38. The Kier molecular flexibility index (Phi) is 7.36. The molecular formula is C17H24FNO6S. The third-order valence-corrected chi connectivity index (χ3v) is 5.62. The number of unbranched alkanes of at least 4 members (excludes halogenated alkanes) is 1. The van der Waals surface area contributed by atoms with Crippen molar-refractivity contribution < 1.29 is 32.2 Å². The summed E-state index contributed by atoms with van der Waals surface area (Å²) in [5.74, 6) is -1.93. The number of carboxylic acids is 1. The van der Waals surface area contributed by atoms with Gasteiger partial charge in [0.15, 0.2) is 11.6 Å². The van der Waals surface area contributed by atoms with Crippen molar-refractivity contribution in [2.24, 2.45) is 5.92 Å².